The molecular formula is C11H17ClN4S. The van der Waals surface area contributed by atoms with Crippen LogP contribution in [0.2, 0.25) is 4.47 Å². The largest absolute Gasteiger partial charge is 0.316 e. The highest BCUT2D eigenvalue weighted by Gasteiger charge is 2.43. The van der Waals surface area contributed by atoms with E-state index >= 15 is 0 Å². The van der Waals surface area contributed by atoms with Gasteiger partial charge in [0.25, 0.3) is 0 Å². The summed E-state index contributed by atoms with van der Waals surface area (Å²) in [6, 6.07) is 0.692. The molecule has 1 aromatic heterocycles. The third-order valence-electron chi connectivity index (χ3n) is 4.02. The summed E-state index contributed by atoms with van der Waals surface area (Å²) in [5.41, 5.74) is 0. The third kappa shape index (κ3) is 2.21. The molecule has 2 aliphatic heterocycles. The Morgan fingerprint density at radius 2 is 2.35 bits per heavy atom. The first-order valence-corrected chi connectivity index (χ1v) is 7.40. The van der Waals surface area contributed by atoms with Gasteiger partial charge in [-0.1, -0.05) is 18.3 Å². The van der Waals surface area contributed by atoms with Crippen LogP contribution in [-0.4, -0.2) is 40.8 Å². The second-order valence-corrected chi connectivity index (χ2v) is 6.58. The summed E-state index contributed by atoms with van der Waals surface area (Å²) in [6.45, 7) is 6.74. The van der Waals surface area contributed by atoms with E-state index in [4.69, 9.17) is 11.6 Å². The topological polar surface area (TPSA) is 41.0 Å². The van der Waals surface area contributed by atoms with E-state index in [9.17, 15) is 0 Å². The van der Waals surface area contributed by atoms with Crippen molar-refractivity contribution in [1.29, 1.82) is 0 Å². The van der Waals surface area contributed by atoms with Crippen molar-refractivity contribution in [2.45, 2.75) is 25.9 Å². The van der Waals surface area contributed by atoms with E-state index in [1.54, 1.807) is 0 Å². The fourth-order valence-electron chi connectivity index (χ4n) is 3.32. The van der Waals surface area contributed by atoms with E-state index in [-0.39, 0.29) is 0 Å². The number of aromatic nitrogens is 2. The van der Waals surface area contributed by atoms with Crippen molar-refractivity contribution >= 4 is 22.9 Å². The second-order valence-electron chi connectivity index (χ2n) is 4.94. The number of nitrogens with one attached hydrogen (secondary N) is 1. The Balaban J connectivity index is 1.71. The van der Waals surface area contributed by atoms with Crippen LogP contribution in [0.25, 0.3) is 0 Å². The van der Waals surface area contributed by atoms with Gasteiger partial charge in [0.1, 0.15) is 5.01 Å². The number of halogens is 1. The molecule has 6 heteroatoms. The highest BCUT2D eigenvalue weighted by molar-refractivity contribution is 7.15. The lowest BCUT2D eigenvalue weighted by Gasteiger charge is -2.25. The molecular weight excluding hydrogens is 256 g/mol. The van der Waals surface area contributed by atoms with Crippen molar-refractivity contribution in [3.63, 3.8) is 0 Å². The van der Waals surface area contributed by atoms with Crippen LogP contribution in [-0.2, 0) is 6.54 Å². The second kappa shape index (κ2) is 4.80. The molecule has 2 fully saturated rings. The van der Waals surface area contributed by atoms with E-state index in [0.717, 1.165) is 23.4 Å². The maximum absolute atomic E-state index is 5.83. The zero-order chi connectivity index (χ0) is 11.8. The van der Waals surface area contributed by atoms with Crippen LogP contribution in [0.4, 0.5) is 0 Å². The first-order chi connectivity index (χ1) is 8.28. The summed E-state index contributed by atoms with van der Waals surface area (Å²) < 4.78 is 0.550. The molecule has 0 saturated carbocycles. The third-order valence-corrected chi connectivity index (χ3v) is 5.03. The standard InChI is InChI=1S/C11H17ClN4S/c1-2-9-8-4-13-3-7(8)5-16(9)6-10-14-15-11(12)17-10/h7-9,13H,2-6H2,1H3. The Hall–Kier alpha value is -0.230. The Morgan fingerprint density at radius 3 is 3.06 bits per heavy atom. The van der Waals surface area contributed by atoms with Gasteiger partial charge in [0.15, 0.2) is 0 Å². The van der Waals surface area contributed by atoms with Gasteiger partial charge in [-0.2, -0.15) is 0 Å². The molecule has 2 aliphatic rings. The first-order valence-electron chi connectivity index (χ1n) is 6.20. The molecule has 0 radical (unpaired) electrons. The fraction of sp³-hybridized carbons (Fsp3) is 0.818. The van der Waals surface area contributed by atoms with Gasteiger partial charge in [-0.25, -0.2) is 0 Å². The van der Waals surface area contributed by atoms with Crippen LogP contribution in [0.5, 0.6) is 0 Å². The minimum Gasteiger partial charge on any atom is -0.316 e. The van der Waals surface area contributed by atoms with Crippen molar-refractivity contribution < 1.29 is 0 Å². The van der Waals surface area contributed by atoms with Gasteiger partial charge in [0, 0.05) is 12.6 Å². The first kappa shape index (κ1) is 11.8. The smallest absolute Gasteiger partial charge is 0.207 e. The Kier molecular flexibility index (Phi) is 3.34. The van der Waals surface area contributed by atoms with Crippen LogP contribution in [0.3, 0.4) is 0 Å². The minimum absolute atomic E-state index is 0.550. The lowest BCUT2D eigenvalue weighted by Crippen LogP contribution is -2.34. The van der Waals surface area contributed by atoms with Gasteiger partial charge in [-0.05, 0) is 42.9 Å². The summed E-state index contributed by atoms with van der Waals surface area (Å²) >= 11 is 7.33. The van der Waals surface area contributed by atoms with E-state index in [1.807, 2.05) is 0 Å². The molecule has 0 amide bonds. The Bertz CT molecular complexity index is 397. The van der Waals surface area contributed by atoms with Crippen LogP contribution in [0.15, 0.2) is 0 Å². The van der Waals surface area contributed by atoms with Crippen molar-refractivity contribution in [2.75, 3.05) is 19.6 Å². The molecule has 0 aliphatic carbocycles. The summed E-state index contributed by atoms with van der Waals surface area (Å²) in [5.74, 6) is 1.65. The lowest BCUT2D eigenvalue weighted by molar-refractivity contribution is 0.210. The quantitative estimate of drug-likeness (QED) is 0.908. The number of hydrogen-bond donors (Lipinski definition) is 1. The van der Waals surface area contributed by atoms with Crippen molar-refractivity contribution in [1.82, 2.24) is 20.4 Å². The zero-order valence-corrected chi connectivity index (χ0v) is 11.5. The summed E-state index contributed by atoms with van der Waals surface area (Å²) in [6.07, 6.45) is 1.22. The van der Waals surface area contributed by atoms with E-state index in [2.05, 4.69) is 27.3 Å². The van der Waals surface area contributed by atoms with Crippen LogP contribution in [0.1, 0.15) is 18.4 Å². The molecule has 94 valence electrons. The maximum atomic E-state index is 5.83. The molecule has 1 N–H and O–H groups in total. The van der Waals surface area contributed by atoms with Crippen LogP contribution >= 0.6 is 22.9 Å². The summed E-state index contributed by atoms with van der Waals surface area (Å²) in [7, 11) is 0. The normalized spacial score (nSPS) is 33.2. The number of nitrogens with zero attached hydrogens (tertiary/aromatic N) is 3. The molecule has 3 heterocycles. The fourth-order valence-corrected chi connectivity index (χ4v) is 4.22. The Labute approximate surface area is 110 Å². The molecule has 17 heavy (non-hydrogen) atoms. The predicted octanol–water partition coefficient (Wildman–Crippen LogP) is 1.62. The summed E-state index contributed by atoms with van der Waals surface area (Å²) in [5, 5.41) is 12.5. The van der Waals surface area contributed by atoms with Gasteiger partial charge >= 0.3 is 0 Å². The van der Waals surface area contributed by atoms with Gasteiger partial charge in [-0.15, -0.1) is 10.2 Å². The van der Waals surface area contributed by atoms with Crippen molar-refractivity contribution in [3.8, 4) is 0 Å². The van der Waals surface area contributed by atoms with Gasteiger partial charge in [-0.3, -0.25) is 4.90 Å². The number of likely N-dealkylation sites (tertiary alicyclic amines) is 1. The van der Waals surface area contributed by atoms with Gasteiger partial charge in [0.05, 0.1) is 6.54 Å². The Morgan fingerprint density at radius 1 is 1.47 bits per heavy atom. The average Bonchev–Trinajstić information content (AvgIpc) is 2.95. The average molecular weight is 273 g/mol. The van der Waals surface area contributed by atoms with Gasteiger partial charge < -0.3 is 5.32 Å². The van der Waals surface area contributed by atoms with Crippen LogP contribution < -0.4 is 5.32 Å². The van der Waals surface area contributed by atoms with Crippen molar-refractivity contribution in [3.05, 3.63) is 9.47 Å². The molecule has 3 rings (SSSR count). The lowest BCUT2D eigenvalue weighted by atomic mass is 9.93. The molecule has 0 bridgehead atoms. The molecule has 4 nitrogen and oxygen atoms in total. The van der Waals surface area contributed by atoms with E-state index in [0.29, 0.717) is 10.5 Å². The highest BCUT2D eigenvalue weighted by Crippen LogP contribution is 2.35. The predicted molar refractivity (Wildman–Crippen MR) is 69.3 cm³/mol. The molecule has 0 spiro atoms. The highest BCUT2D eigenvalue weighted by atomic mass is 35.5. The summed E-state index contributed by atoms with van der Waals surface area (Å²) in [4.78, 5) is 2.56. The minimum atomic E-state index is 0.550. The maximum Gasteiger partial charge on any atom is 0.207 e. The number of fused-ring (bicyclic) bond motifs is 1. The van der Waals surface area contributed by atoms with Crippen molar-refractivity contribution in [2.24, 2.45) is 11.8 Å². The number of hydrogen-bond acceptors (Lipinski definition) is 5. The molecule has 1 aromatic rings. The zero-order valence-electron chi connectivity index (χ0n) is 9.90. The molecule has 3 atom stereocenters. The molecule has 3 unspecified atom stereocenters. The van der Waals surface area contributed by atoms with E-state index in [1.165, 1.54) is 37.4 Å². The molecule has 2 saturated heterocycles. The monoisotopic (exact) mass is 272 g/mol. The van der Waals surface area contributed by atoms with E-state index < -0.39 is 0 Å². The SMILES string of the molecule is CCC1C2CNCC2CN1Cc1nnc(Cl)s1. The van der Waals surface area contributed by atoms with Gasteiger partial charge in [0.2, 0.25) is 4.47 Å². The number of rotatable bonds is 3. The van der Waals surface area contributed by atoms with Crippen LogP contribution in [0, 0.1) is 11.8 Å². The molecule has 0 aromatic carbocycles.